The number of aromatic hydroxyl groups is 1. The van der Waals surface area contributed by atoms with Crippen molar-refractivity contribution in [2.75, 3.05) is 10.2 Å². The first-order valence-electron chi connectivity index (χ1n) is 8.69. The lowest BCUT2D eigenvalue weighted by Crippen LogP contribution is -2.58. The Balaban J connectivity index is 1.78. The highest BCUT2D eigenvalue weighted by molar-refractivity contribution is 6.30. The van der Waals surface area contributed by atoms with Gasteiger partial charge in [-0.25, -0.2) is 0 Å². The zero-order chi connectivity index (χ0) is 19.7. The van der Waals surface area contributed by atoms with Crippen LogP contribution in [0.15, 0.2) is 72.9 Å². The number of rotatable bonds is 3. The fraction of sp³-hybridized carbons (Fsp3) is 0.0952. The van der Waals surface area contributed by atoms with Gasteiger partial charge in [0.25, 0.3) is 11.8 Å². The number of hydrogen-bond donors (Lipinski definition) is 2. The van der Waals surface area contributed by atoms with Gasteiger partial charge in [0, 0.05) is 22.8 Å². The summed E-state index contributed by atoms with van der Waals surface area (Å²) in [4.78, 5) is 27.5. The summed E-state index contributed by atoms with van der Waals surface area (Å²) in [5, 5.41) is 13.7. The first kappa shape index (κ1) is 18.0. The van der Waals surface area contributed by atoms with Crippen LogP contribution in [0.25, 0.3) is 0 Å². The topological polar surface area (TPSA) is 73.5 Å². The van der Waals surface area contributed by atoms with E-state index in [-0.39, 0.29) is 18.2 Å². The van der Waals surface area contributed by atoms with Crippen LogP contribution < -0.4 is 14.8 Å². The number of fused-ring (bicyclic) bond motifs is 1. The van der Waals surface area contributed by atoms with E-state index in [0.29, 0.717) is 22.1 Å². The van der Waals surface area contributed by atoms with Crippen LogP contribution in [0.1, 0.15) is 11.7 Å². The fourth-order valence-electron chi connectivity index (χ4n) is 3.32. The second-order valence-electron chi connectivity index (χ2n) is 6.40. The van der Waals surface area contributed by atoms with Crippen LogP contribution in [0.3, 0.4) is 0 Å². The molecule has 0 aliphatic carbocycles. The molecule has 28 heavy (non-hydrogen) atoms. The van der Waals surface area contributed by atoms with Gasteiger partial charge in [-0.1, -0.05) is 29.8 Å². The van der Waals surface area contributed by atoms with E-state index in [4.69, 9.17) is 11.6 Å². The third kappa shape index (κ3) is 3.30. The molecular weight excluding hydrogens is 378 g/mol. The molecule has 2 heterocycles. The van der Waals surface area contributed by atoms with Crippen molar-refractivity contribution in [1.82, 2.24) is 0 Å². The van der Waals surface area contributed by atoms with Gasteiger partial charge >= 0.3 is 0 Å². The number of benzene rings is 2. The molecule has 1 aliphatic rings. The normalized spacial score (nSPS) is 15.8. The highest BCUT2D eigenvalue weighted by Crippen LogP contribution is 2.35. The molecule has 1 atom stereocenters. The van der Waals surface area contributed by atoms with Crippen LogP contribution in [0.2, 0.25) is 5.02 Å². The van der Waals surface area contributed by atoms with E-state index in [1.807, 2.05) is 6.07 Å². The summed E-state index contributed by atoms with van der Waals surface area (Å²) >= 11 is 5.91. The summed E-state index contributed by atoms with van der Waals surface area (Å²) in [5.74, 6) is -0.746. The molecule has 2 amide bonds. The molecular formula is C21H17ClN3O3+. The van der Waals surface area contributed by atoms with Crippen LogP contribution in [0.5, 0.6) is 5.75 Å². The number of para-hydroxylation sites is 2. The van der Waals surface area contributed by atoms with Gasteiger partial charge in [0.2, 0.25) is 18.3 Å². The monoisotopic (exact) mass is 394 g/mol. The molecule has 0 saturated heterocycles. The van der Waals surface area contributed by atoms with E-state index in [0.717, 1.165) is 0 Å². The van der Waals surface area contributed by atoms with Crippen molar-refractivity contribution < 1.29 is 19.3 Å². The molecule has 2 aromatic carbocycles. The first-order chi connectivity index (χ1) is 13.5. The molecule has 4 rings (SSSR count). The van der Waals surface area contributed by atoms with E-state index in [1.54, 1.807) is 65.4 Å². The van der Waals surface area contributed by atoms with Gasteiger partial charge < -0.3 is 10.4 Å². The molecule has 0 bridgehead atoms. The highest BCUT2D eigenvalue weighted by Gasteiger charge is 2.44. The van der Waals surface area contributed by atoms with Crippen molar-refractivity contribution in [3.05, 3.63) is 83.6 Å². The minimum atomic E-state index is -0.938. The Morgan fingerprint density at radius 2 is 1.79 bits per heavy atom. The zero-order valence-corrected chi connectivity index (χ0v) is 15.5. The number of nitrogens with zero attached hydrogens (tertiary/aromatic N) is 2. The molecule has 1 aliphatic heterocycles. The maximum Gasteiger partial charge on any atom is 0.294 e. The maximum absolute atomic E-state index is 13.2. The lowest BCUT2D eigenvalue weighted by molar-refractivity contribution is -0.695. The Hall–Kier alpha value is -3.38. The molecule has 140 valence electrons. The van der Waals surface area contributed by atoms with Gasteiger partial charge in [0.15, 0.2) is 6.20 Å². The summed E-state index contributed by atoms with van der Waals surface area (Å²) in [7, 11) is 0. The lowest BCUT2D eigenvalue weighted by atomic mass is 10.0. The molecule has 0 spiro atoms. The van der Waals surface area contributed by atoms with Gasteiger partial charge in [0.05, 0.1) is 5.69 Å². The quantitative estimate of drug-likeness (QED) is 0.670. The van der Waals surface area contributed by atoms with E-state index < -0.39 is 11.9 Å². The second-order valence-corrected chi connectivity index (χ2v) is 6.84. The third-order valence-corrected chi connectivity index (χ3v) is 4.84. The van der Waals surface area contributed by atoms with Crippen LogP contribution in [-0.4, -0.2) is 16.9 Å². The number of anilines is 2. The number of hydrogen-bond acceptors (Lipinski definition) is 3. The van der Waals surface area contributed by atoms with Crippen molar-refractivity contribution >= 4 is 34.8 Å². The minimum absolute atomic E-state index is 0.0653. The van der Waals surface area contributed by atoms with E-state index in [2.05, 4.69) is 5.32 Å². The molecule has 0 radical (unpaired) electrons. The van der Waals surface area contributed by atoms with E-state index in [1.165, 1.54) is 11.0 Å². The Morgan fingerprint density at radius 1 is 1.07 bits per heavy atom. The number of carbonyl (C=O) groups excluding carboxylic acids is 2. The number of aromatic nitrogens is 1. The van der Waals surface area contributed by atoms with Gasteiger partial charge in [-0.3, -0.25) is 14.5 Å². The first-order valence-corrected chi connectivity index (χ1v) is 9.07. The van der Waals surface area contributed by atoms with Gasteiger partial charge in [-0.05, 0) is 36.4 Å². The molecule has 3 aromatic rings. The molecule has 1 aromatic heterocycles. The molecule has 0 saturated carbocycles. The summed E-state index contributed by atoms with van der Waals surface area (Å²) < 4.78 is 1.74. The predicted molar refractivity (Wildman–Crippen MR) is 105 cm³/mol. The summed E-state index contributed by atoms with van der Waals surface area (Å²) in [5.41, 5.74) is 1.50. The number of pyridine rings is 1. The smallest absolute Gasteiger partial charge is 0.294 e. The number of carbonyl (C=O) groups is 2. The van der Waals surface area contributed by atoms with Gasteiger partial charge in [-0.2, -0.15) is 4.57 Å². The fourth-order valence-corrected chi connectivity index (χ4v) is 3.44. The average Bonchev–Trinajstić information content (AvgIpc) is 2.69. The number of phenolic OH excluding ortho intramolecular Hbond substituents is 1. The maximum atomic E-state index is 13.2. The van der Waals surface area contributed by atoms with E-state index >= 15 is 0 Å². The predicted octanol–water partition coefficient (Wildman–Crippen LogP) is 3.06. The molecule has 2 N–H and O–H groups in total. The Labute approximate surface area is 166 Å². The van der Waals surface area contributed by atoms with Crippen molar-refractivity contribution in [1.29, 1.82) is 0 Å². The lowest BCUT2D eigenvalue weighted by Gasteiger charge is -2.32. The van der Waals surface area contributed by atoms with Gasteiger partial charge in [-0.15, -0.1) is 0 Å². The van der Waals surface area contributed by atoms with Crippen LogP contribution in [0, 0.1) is 0 Å². The van der Waals surface area contributed by atoms with Crippen molar-refractivity contribution in [3.63, 3.8) is 0 Å². The summed E-state index contributed by atoms with van der Waals surface area (Å²) in [6, 6.07) is 17.7. The second kappa shape index (κ2) is 7.32. The van der Waals surface area contributed by atoms with Crippen LogP contribution >= 0.6 is 11.6 Å². The molecule has 7 heteroatoms. The number of amides is 2. The SMILES string of the molecule is O=C(Nc1ccc(Cl)cc1)[C@@H]1c2cccc[n+]2CC(=O)N1c1ccccc1O. The molecule has 6 nitrogen and oxygen atoms in total. The third-order valence-electron chi connectivity index (χ3n) is 4.59. The standard InChI is InChI=1S/C21H16ClN3O3/c22-14-8-10-15(11-9-14)23-21(28)20-17-6-3-4-12-24(17)13-19(27)25(20)16-5-1-2-7-18(16)26/h1-12,20H,13H2,(H-,23,26,28)/p+1/t20-/m0/s1. The zero-order valence-electron chi connectivity index (χ0n) is 14.7. The van der Waals surface area contributed by atoms with Crippen molar-refractivity contribution in [2.24, 2.45) is 0 Å². The molecule has 0 fully saturated rings. The Bertz CT molecular complexity index is 1050. The number of phenols is 1. The van der Waals surface area contributed by atoms with Crippen molar-refractivity contribution in [3.8, 4) is 5.75 Å². The van der Waals surface area contributed by atoms with Crippen molar-refractivity contribution in [2.45, 2.75) is 12.6 Å². The van der Waals surface area contributed by atoms with Crippen LogP contribution in [-0.2, 0) is 16.1 Å². The van der Waals surface area contributed by atoms with Crippen LogP contribution in [0.4, 0.5) is 11.4 Å². The van der Waals surface area contributed by atoms with E-state index in [9.17, 15) is 14.7 Å². The summed E-state index contributed by atoms with van der Waals surface area (Å²) in [6.45, 7) is 0.0786. The number of nitrogens with one attached hydrogen (secondary N) is 1. The minimum Gasteiger partial charge on any atom is -0.506 e. The highest BCUT2D eigenvalue weighted by atomic mass is 35.5. The average molecular weight is 395 g/mol. The molecule has 0 unspecified atom stereocenters. The van der Waals surface area contributed by atoms with Gasteiger partial charge in [0.1, 0.15) is 5.75 Å². The Morgan fingerprint density at radius 3 is 2.54 bits per heavy atom. The Kier molecular flexibility index (Phi) is 4.71. The largest absolute Gasteiger partial charge is 0.506 e. The number of halogens is 1. The summed E-state index contributed by atoms with van der Waals surface area (Å²) in [6.07, 6.45) is 1.76.